The first kappa shape index (κ1) is 17.8. The first-order valence-corrected chi connectivity index (χ1v) is 9.90. The number of halogens is 1. The van der Waals surface area contributed by atoms with E-state index in [9.17, 15) is 4.79 Å². The predicted molar refractivity (Wildman–Crippen MR) is 100 cm³/mol. The largest absolute Gasteiger partial charge is 0.466 e. The highest BCUT2D eigenvalue weighted by Crippen LogP contribution is 2.49. The van der Waals surface area contributed by atoms with E-state index in [4.69, 9.17) is 21.2 Å². The van der Waals surface area contributed by atoms with Gasteiger partial charge in [0.25, 0.3) is 0 Å². The lowest BCUT2D eigenvalue weighted by atomic mass is 9.76. The standard InChI is InChI=1S/C20H25ClN2O3/c1-2-25-19(24)16-6-5-11-20(23-12-3-4-13-23)17(16)18(22-26-20)14-7-9-15(21)10-8-14/h7-10,16,22H,2-6,11-13H2,1H3. The smallest absolute Gasteiger partial charge is 0.313 e. The van der Waals surface area contributed by atoms with Crippen LogP contribution in [0.3, 0.4) is 0 Å². The van der Waals surface area contributed by atoms with Gasteiger partial charge in [-0.25, -0.2) is 4.84 Å². The fourth-order valence-corrected chi connectivity index (χ4v) is 4.67. The highest BCUT2D eigenvalue weighted by atomic mass is 35.5. The number of likely N-dealkylation sites (tertiary alicyclic amines) is 1. The molecule has 0 radical (unpaired) electrons. The van der Waals surface area contributed by atoms with E-state index < -0.39 is 5.72 Å². The van der Waals surface area contributed by atoms with Crippen LogP contribution in [0.5, 0.6) is 0 Å². The number of fused-ring (bicyclic) bond motifs is 1. The molecule has 2 aliphatic heterocycles. The molecule has 0 bridgehead atoms. The Morgan fingerprint density at radius 1 is 1.31 bits per heavy atom. The summed E-state index contributed by atoms with van der Waals surface area (Å²) in [4.78, 5) is 21.4. The van der Waals surface area contributed by atoms with E-state index in [1.807, 2.05) is 31.2 Å². The Labute approximate surface area is 159 Å². The number of carbonyl (C=O) groups is 1. The number of hydroxylamine groups is 1. The zero-order valence-electron chi connectivity index (χ0n) is 15.1. The first-order valence-electron chi connectivity index (χ1n) is 9.52. The summed E-state index contributed by atoms with van der Waals surface area (Å²) >= 11 is 6.06. The average molecular weight is 377 g/mol. The Hall–Kier alpha value is -1.56. The maximum atomic E-state index is 12.7. The maximum Gasteiger partial charge on any atom is 0.313 e. The zero-order chi connectivity index (χ0) is 18.1. The third-order valence-electron chi connectivity index (χ3n) is 5.69. The normalized spacial score (nSPS) is 28.8. The van der Waals surface area contributed by atoms with E-state index in [0.717, 1.165) is 49.2 Å². The first-order chi connectivity index (χ1) is 12.7. The predicted octanol–water partition coefficient (Wildman–Crippen LogP) is 3.74. The summed E-state index contributed by atoms with van der Waals surface area (Å²) in [5, 5.41) is 0.689. The summed E-state index contributed by atoms with van der Waals surface area (Å²) in [6, 6.07) is 7.67. The maximum absolute atomic E-state index is 12.7. The zero-order valence-corrected chi connectivity index (χ0v) is 15.8. The Balaban J connectivity index is 1.81. The molecule has 6 heteroatoms. The highest BCUT2D eigenvalue weighted by molar-refractivity contribution is 6.30. The van der Waals surface area contributed by atoms with Gasteiger partial charge in [0.15, 0.2) is 5.72 Å². The van der Waals surface area contributed by atoms with Gasteiger partial charge in [-0.3, -0.25) is 15.2 Å². The van der Waals surface area contributed by atoms with E-state index >= 15 is 0 Å². The molecule has 5 nitrogen and oxygen atoms in total. The molecule has 0 spiro atoms. The minimum atomic E-state index is -0.541. The topological polar surface area (TPSA) is 50.8 Å². The van der Waals surface area contributed by atoms with Gasteiger partial charge in [0, 0.05) is 29.2 Å². The van der Waals surface area contributed by atoms with Crippen LogP contribution in [0.25, 0.3) is 5.70 Å². The Morgan fingerprint density at radius 2 is 2.04 bits per heavy atom. The van der Waals surface area contributed by atoms with Crippen LogP contribution in [0.2, 0.25) is 5.02 Å². The molecule has 2 unspecified atom stereocenters. The molecular formula is C20H25ClN2O3. The number of hydrogen-bond donors (Lipinski definition) is 1. The van der Waals surface area contributed by atoms with Crippen molar-refractivity contribution < 1.29 is 14.4 Å². The number of benzene rings is 1. The van der Waals surface area contributed by atoms with Gasteiger partial charge in [0.2, 0.25) is 0 Å². The van der Waals surface area contributed by atoms with E-state index in [1.54, 1.807) is 0 Å². The molecule has 2 heterocycles. The molecule has 1 aromatic rings. The van der Waals surface area contributed by atoms with Crippen LogP contribution in [-0.2, 0) is 14.4 Å². The Kier molecular flexibility index (Phi) is 4.95. The van der Waals surface area contributed by atoms with Crippen molar-refractivity contribution >= 4 is 23.3 Å². The van der Waals surface area contributed by atoms with Crippen LogP contribution in [0.1, 0.15) is 44.6 Å². The van der Waals surface area contributed by atoms with Crippen molar-refractivity contribution in [1.82, 2.24) is 10.4 Å². The number of ether oxygens (including phenoxy) is 1. The summed E-state index contributed by atoms with van der Waals surface area (Å²) in [5.74, 6) is -0.422. The lowest BCUT2D eigenvalue weighted by Crippen LogP contribution is -2.53. The molecule has 26 heavy (non-hydrogen) atoms. The van der Waals surface area contributed by atoms with Crippen LogP contribution < -0.4 is 5.48 Å². The Bertz CT molecular complexity index is 712. The van der Waals surface area contributed by atoms with E-state index in [-0.39, 0.29) is 11.9 Å². The van der Waals surface area contributed by atoms with E-state index in [2.05, 4.69) is 10.4 Å². The second-order valence-electron chi connectivity index (χ2n) is 7.18. The van der Waals surface area contributed by atoms with Crippen molar-refractivity contribution in [3.05, 3.63) is 40.4 Å². The number of nitrogens with one attached hydrogen (secondary N) is 1. The molecule has 1 saturated carbocycles. The fourth-order valence-electron chi connectivity index (χ4n) is 4.54. The third-order valence-corrected chi connectivity index (χ3v) is 5.94. The molecule has 1 aromatic carbocycles. The second-order valence-corrected chi connectivity index (χ2v) is 7.61. The lowest BCUT2D eigenvalue weighted by molar-refractivity contribution is -0.164. The minimum Gasteiger partial charge on any atom is -0.466 e. The molecule has 140 valence electrons. The van der Waals surface area contributed by atoms with Gasteiger partial charge in [-0.1, -0.05) is 23.7 Å². The average Bonchev–Trinajstić information content (AvgIpc) is 3.31. The number of hydrogen-bond acceptors (Lipinski definition) is 5. The van der Waals surface area contributed by atoms with Gasteiger partial charge >= 0.3 is 5.97 Å². The monoisotopic (exact) mass is 376 g/mol. The lowest BCUT2D eigenvalue weighted by Gasteiger charge is -2.43. The summed E-state index contributed by atoms with van der Waals surface area (Å²) in [6.45, 7) is 4.24. The van der Waals surface area contributed by atoms with Crippen LogP contribution >= 0.6 is 11.6 Å². The van der Waals surface area contributed by atoms with Crippen LogP contribution in [0, 0.1) is 5.92 Å². The van der Waals surface area contributed by atoms with E-state index in [1.165, 1.54) is 12.8 Å². The quantitative estimate of drug-likeness (QED) is 0.811. The van der Waals surface area contributed by atoms with Gasteiger partial charge in [0.1, 0.15) is 0 Å². The van der Waals surface area contributed by atoms with E-state index in [0.29, 0.717) is 11.6 Å². The van der Waals surface area contributed by atoms with Crippen molar-refractivity contribution in [2.24, 2.45) is 5.92 Å². The van der Waals surface area contributed by atoms with Gasteiger partial charge in [0.05, 0.1) is 18.2 Å². The van der Waals surface area contributed by atoms with Crippen molar-refractivity contribution in [2.45, 2.75) is 44.8 Å². The van der Waals surface area contributed by atoms with Crippen molar-refractivity contribution in [2.75, 3.05) is 19.7 Å². The van der Waals surface area contributed by atoms with Crippen LogP contribution in [-0.4, -0.2) is 36.3 Å². The number of nitrogens with zero attached hydrogens (tertiary/aromatic N) is 1. The minimum absolute atomic E-state index is 0.149. The number of rotatable bonds is 4. The van der Waals surface area contributed by atoms with Crippen LogP contribution in [0.4, 0.5) is 0 Å². The number of carbonyl (C=O) groups excluding carboxylic acids is 1. The molecule has 0 amide bonds. The molecule has 1 saturated heterocycles. The fraction of sp³-hybridized carbons (Fsp3) is 0.550. The highest BCUT2D eigenvalue weighted by Gasteiger charge is 2.55. The molecule has 2 atom stereocenters. The molecule has 1 aliphatic carbocycles. The third kappa shape index (κ3) is 2.92. The summed E-state index contributed by atoms with van der Waals surface area (Å²) in [7, 11) is 0. The molecule has 4 rings (SSSR count). The van der Waals surface area contributed by atoms with Gasteiger partial charge in [-0.2, -0.15) is 0 Å². The second kappa shape index (κ2) is 7.22. The summed E-state index contributed by atoms with van der Waals surface area (Å²) in [6.07, 6.45) is 4.96. The van der Waals surface area contributed by atoms with Crippen molar-refractivity contribution in [3.8, 4) is 0 Å². The van der Waals surface area contributed by atoms with Crippen molar-refractivity contribution in [3.63, 3.8) is 0 Å². The van der Waals surface area contributed by atoms with Gasteiger partial charge in [-0.15, -0.1) is 0 Å². The van der Waals surface area contributed by atoms with Crippen molar-refractivity contribution in [1.29, 1.82) is 0 Å². The Morgan fingerprint density at radius 3 is 2.73 bits per heavy atom. The SMILES string of the molecule is CCOC(=O)C1CCCC2(N3CCCC3)ONC(c3ccc(Cl)cc3)=C12. The molecular weight excluding hydrogens is 352 g/mol. The van der Waals surface area contributed by atoms with Gasteiger partial charge < -0.3 is 4.74 Å². The number of esters is 1. The molecule has 2 fully saturated rings. The van der Waals surface area contributed by atoms with Gasteiger partial charge in [-0.05, 0) is 51.2 Å². The molecule has 3 aliphatic rings. The summed E-state index contributed by atoms with van der Waals surface area (Å²) in [5.41, 5.74) is 5.54. The summed E-state index contributed by atoms with van der Waals surface area (Å²) < 4.78 is 5.40. The molecule has 0 aromatic heterocycles. The van der Waals surface area contributed by atoms with Crippen LogP contribution in [0.15, 0.2) is 29.8 Å². The molecule has 1 N–H and O–H groups in total.